The van der Waals surface area contributed by atoms with Gasteiger partial charge in [0.15, 0.2) is 5.78 Å². The highest BCUT2D eigenvalue weighted by Gasteiger charge is 2.39. The minimum absolute atomic E-state index is 0.0867. The first-order chi connectivity index (χ1) is 16.9. The highest BCUT2D eigenvalue weighted by atomic mass is 16.5. The minimum atomic E-state index is -0.333. The molecule has 2 aliphatic heterocycles. The Labute approximate surface area is 208 Å². The van der Waals surface area contributed by atoms with Crippen molar-refractivity contribution >= 4 is 11.4 Å². The van der Waals surface area contributed by atoms with Crippen LogP contribution in [0, 0.1) is 17.8 Å². The molecule has 0 saturated carbocycles. The fourth-order valence-electron chi connectivity index (χ4n) is 5.86. The molecule has 5 rings (SSSR count). The maximum absolute atomic E-state index is 12.3. The van der Waals surface area contributed by atoms with E-state index in [-0.39, 0.29) is 29.5 Å². The molecule has 35 heavy (non-hydrogen) atoms. The largest absolute Gasteiger partial charge is 0.508 e. The van der Waals surface area contributed by atoms with Crippen molar-refractivity contribution in [3.63, 3.8) is 0 Å². The highest BCUT2D eigenvalue weighted by Crippen LogP contribution is 2.50. The maximum atomic E-state index is 12.3. The van der Waals surface area contributed by atoms with Crippen molar-refractivity contribution in [1.29, 1.82) is 0 Å². The van der Waals surface area contributed by atoms with E-state index in [1.54, 1.807) is 18.2 Å². The van der Waals surface area contributed by atoms with Gasteiger partial charge >= 0.3 is 0 Å². The zero-order valence-corrected chi connectivity index (χ0v) is 20.9. The monoisotopic (exact) mass is 473 g/mol. The molecule has 1 saturated heterocycles. The number of hydrogen-bond donors (Lipinski definition) is 1. The number of likely N-dealkylation sites (tertiary alicyclic amines) is 1. The maximum Gasteiger partial charge on any atom is 0.159 e. The van der Waals surface area contributed by atoms with Gasteiger partial charge in [0.25, 0.3) is 0 Å². The van der Waals surface area contributed by atoms with E-state index >= 15 is 0 Å². The summed E-state index contributed by atoms with van der Waals surface area (Å²) in [6, 6.07) is 15.4. The first-order valence-electron chi connectivity index (χ1n) is 12.8. The molecular formula is C30H35NO4. The second kappa shape index (κ2) is 9.90. The number of fused-ring (bicyclic) bond motifs is 1. The molecule has 4 unspecified atom stereocenters. The first-order valence-corrected chi connectivity index (χ1v) is 12.8. The average molecular weight is 474 g/mol. The van der Waals surface area contributed by atoms with Crippen molar-refractivity contribution in [1.82, 2.24) is 4.90 Å². The first kappa shape index (κ1) is 23.7. The van der Waals surface area contributed by atoms with E-state index in [1.165, 1.54) is 12.0 Å². The Kier molecular flexibility index (Phi) is 6.70. The van der Waals surface area contributed by atoms with Gasteiger partial charge in [-0.25, -0.2) is 0 Å². The fourth-order valence-corrected chi connectivity index (χ4v) is 5.86. The van der Waals surface area contributed by atoms with Crippen LogP contribution >= 0.6 is 0 Å². The number of rotatable bonds is 6. The summed E-state index contributed by atoms with van der Waals surface area (Å²) in [5.41, 5.74) is 4.36. The lowest BCUT2D eigenvalue weighted by Gasteiger charge is -2.40. The van der Waals surface area contributed by atoms with Crippen LogP contribution in [0.2, 0.25) is 0 Å². The smallest absolute Gasteiger partial charge is 0.159 e. The van der Waals surface area contributed by atoms with E-state index in [0.717, 1.165) is 53.8 Å². The van der Waals surface area contributed by atoms with E-state index in [9.17, 15) is 9.90 Å². The molecule has 0 bridgehead atoms. The van der Waals surface area contributed by atoms with Gasteiger partial charge in [0, 0.05) is 37.1 Å². The molecule has 0 amide bonds. The van der Waals surface area contributed by atoms with E-state index in [2.05, 4.69) is 37.8 Å². The average Bonchev–Trinajstić information content (AvgIpc) is 3.24. The van der Waals surface area contributed by atoms with Crippen LogP contribution in [-0.2, 0) is 9.53 Å². The molecule has 0 aromatic heterocycles. The molecule has 1 aliphatic carbocycles. The summed E-state index contributed by atoms with van der Waals surface area (Å²) in [4.78, 5) is 14.8. The van der Waals surface area contributed by atoms with Crippen molar-refractivity contribution in [2.45, 2.75) is 39.7 Å². The van der Waals surface area contributed by atoms with Gasteiger partial charge in [-0.15, -0.1) is 0 Å². The van der Waals surface area contributed by atoms with Gasteiger partial charge in [0.2, 0.25) is 0 Å². The summed E-state index contributed by atoms with van der Waals surface area (Å²) in [5.74, 6) is 3.03. The Bertz CT molecular complexity index is 1130. The standard InChI is InChI=1S/C30H35NO4/c1-19-12-13-31(18-19)14-15-34-26-10-6-23(7-11-26)30-29(22-4-8-24(32)9-5-22)21(3)28-20(2)16-25(33)17-27(28)35-30/h4-11,17,19-20,28,30,32H,12-16,18H2,1-3H3. The summed E-state index contributed by atoms with van der Waals surface area (Å²) in [6.45, 7) is 10.5. The topological polar surface area (TPSA) is 59.0 Å². The molecule has 5 nitrogen and oxygen atoms in total. The van der Waals surface area contributed by atoms with Crippen LogP contribution in [0.15, 0.2) is 65.9 Å². The molecule has 1 N–H and O–H groups in total. The summed E-state index contributed by atoms with van der Waals surface area (Å²) < 4.78 is 12.6. The van der Waals surface area contributed by atoms with Crippen LogP contribution < -0.4 is 4.74 Å². The lowest BCUT2D eigenvalue weighted by atomic mass is 9.73. The number of ether oxygens (including phenoxy) is 2. The quantitative estimate of drug-likeness (QED) is 0.577. The molecule has 5 heteroatoms. The van der Waals surface area contributed by atoms with Crippen LogP contribution in [0.5, 0.6) is 11.5 Å². The van der Waals surface area contributed by atoms with E-state index < -0.39 is 0 Å². The van der Waals surface area contributed by atoms with Crippen LogP contribution in [0.4, 0.5) is 0 Å². The lowest BCUT2D eigenvalue weighted by Crippen LogP contribution is -2.31. The number of benzene rings is 2. The Balaban J connectivity index is 1.40. The van der Waals surface area contributed by atoms with Crippen LogP contribution in [-0.4, -0.2) is 42.0 Å². The third kappa shape index (κ3) is 5.01. The van der Waals surface area contributed by atoms with Crippen molar-refractivity contribution in [3.05, 3.63) is 77.1 Å². The van der Waals surface area contributed by atoms with Crippen molar-refractivity contribution < 1.29 is 19.4 Å². The second-order valence-corrected chi connectivity index (χ2v) is 10.4. The number of hydrogen-bond acceptors (Lipinski definition) is 5. The molecule has 2 aromatic carbocycles. The molecule has 0 spiro atoms. The normalized spacial score (nSPS) is 26.8. The fraction of sp³-hybridized carbons (Fsp3) is 0.433. The molecule has 4 atom stereocenters. The Morgan fingerprint density at radius 2 is 1.83 bits per heavy atom. The number of aromatic hydroxyl groups is 1. The Morgan fingerprint density at radius 3 is 2.51 bits per heavy atom. The predicted molar refractivity (Wildman–Crippen MR) is 137 cm³/mol. The number of phenolic OH excluding ortho intramolecular Hbond substituents is 1. The van der Waals surface area contributed by atoms with Gasteiger partial charge in [-0.05, 0) is 67.1 Å². The molecule has 184 valence electrons. The molecular weight excluding hydrogens is 438 g/mol. The lowest BCUT2D eigenvalue weighted by molar-refractivity contribution is -0.116. The number of ketones is 1. The molecule has 1 fully saturated rings. The highest BCUT2D eigenvalue weighted by molar-refractivity contribution is 5.92. The van der Waals surface area contributed by atoms with Crippen molar-refractivity contribution in [3.8, 4) is 11.5 Å². The SMILES string of the molecule is CC1=C(c2ccc(O)cc2)C(c2ccc(OCCN3CCC(C)C3)cc2)OC2=CC(=O)CC(C)C21. The van der Waals surface area contributed by atoms with E-state index in [1.807, 2.05) is 24.3 Å². The Hall–Kier alpha value is -3.05. The number of phenols is 1. The molecule has 2 heterocycles. The summed E-state index contributed by atoms with van der Waals surface area (Å²) in [7, 11) is 0. The van der Waals surface area contributed by atoms with E-state index in [4.69, 9.17) is 9.47 Å². The molecule has 2 aromatic rings. The Morgan fingerprint density at radius 1 is 1.09 bits per heavy atom. The number of carbonyl (C=O) groups is 1. The predicted octanol–water partition coefficient (Wildman–Crippen LogP) is 5.77. The summed E-state index contributed by atoms with van der Waals surface area (Å²) in [6.07, 6.45) is 3.16. The third-order valence-electron chi connectivity index (χ3n) is 7.65. The summed E-state index contributed by atoms with van der Waals surface area (Å²) >= 11 is 0. The zero-order valence-electron chi connectivity index (χ0n) is 20.9. The van der Waals surface area contributed by atoms with Gasteiger partial charge in [-0.3, -0.25) is 9.69 Å². The van der Waals surface area contributed by atoms with Crippen LogP contribution in [0.25, 0.3) is 5.57 Å². The van der Waals surface area contributed by atoms with Gasteiger partial charge in [0.05, 0.1) is 0 Å². The zero-order chi connectivity index (χ0) is 24.5. The van der Waals surface area contributed by atoms with Gasteiger partial charge < -0.3 is 14.6 Å². The van der Waals surface area contributed by atoms with Crippen LogP contribution in [0.1, 0.15) is 50.8 Å². The van der Waals surface area contributed by atoms with E-state index in [0.29, 0.717) is 13.0 Å². The van der Waals surface area contributed by atoms with Crippen molar-refractivity contribution in [2.75, 3.05) is 26.2 Å². The molecule has 3 aliphatic rings. The number of carbonyl (C=O) groups excluding carboxylic acids is 1. The van der Waals surface area contributed by atoms with Gasteiger partial charge in [0.1, 0.15) is 30.0 Å². The third-order valence-corrected chi connectivity index (χ3v) is 7.65. The second-order valence-electron chi connectivity index (χ2n) is 10.4. The summed E-state index contributed by atoms with van der Waals surface area (Å²) in [5, 5.41) is 9.84. The minimum Gasteiger partial charge on any atom is -0.508 e. The molecule has 0 radical (unpaired) electrons. The number of nitrogens with zero attached hydrogens (tertiary/aromatic N) is 1. The van der Waals surface area contributed by atoms with Gasteiger partial charge in [-0.1, -0.05) is 43.7 Å². The number of allylic oxidation sites excluding steroid dienone is 2. The van der Waals surface area contributed by atoms with Gasteiger partial charge in [-0.2, -0.15) is 0 Å². The van der Waals surface area contributed by atoms with Crippen molar-refractivity contribution in [2.24, 2.45) is 17.8 Å². The van der Waals surface area contributed by atoms with Crippen LogP contribution in [0.3, 0.4) is 0 Å².